The third-order valence-corrected chi connectivity index (χ3v) is 4.21. The van der Waals surface area contributed by atoms with Crippen molar-refractivity contribution in [1.29, 1.82) is 0 Å². The number of pyridine rings is 1. The van der Waals surface area contributed by atoms with Crippen LogP contribution in [0.15, 0.2) is 30.3 Å². The molecule has 0 bridgehead atoms. The van der Waals surface area contributed by atoms with E-state index in [1.54, 1.807) is 0 Å². The van der Waals surface area contributed by atoms with E-state index in [0.29, 0.717) is 6.54 Å². The first-order valence-electron chi connectivity index (χ1n) is 7.79. The number of fused-ring (bicyclic) bond motifs is 1. The highest BCUT2D eigenvalue weighted by molar-refractivity contribution is 5.64. The second kappa shape index (κ2) is 5.86. The van der Waals surface area contributed by atoms with E-state index >= 15 is 0 Å². The normalized spacial score (nSPS) is 13.3. The second-order valence-electron chi connectivity index (χ2n) is 5.72. The largest absolute Gasteiger partial charge is 0.326 e. The van der Waals surface area contributed by atoms with E-state index in [0.717, 1.165) is 30.8 Å². The van der Waals surface area contributed by atoms with Gasteiger partial charge in [0.15, 0.2) is 0 Å². The fourth-order valence-corrected chi connectivity index (χ4v) is 3.14. The van der Waals surface area contributed by atoms with Crippen LogP contribution in [-0.2, 0) is 19.4 Å². The number of aromatic nitrogens is 1. The number of rotatable bonds is 4. The van der Waals surface area contributed by atoms with Crippen LogP contribution in [0, 0.1) is 6.92 Å². The summed E-state index contributed by atoms with van der Waals surface area (Å²) in [4.78, 5) is 7.22. The van der Waals surface area contributed by atoms with Crippen LogP contribution in [0.2, 0.25) is 0 Å². The molecule has 0 amide bonds. The molecule has 1 heterocycles. The zero-order valence-electron chi connectivity index (χ0n) is 12.9. The summed E-state index contributed by atoms with van der Waals surface area (Å²) in [7, 11) is 0. The molecule has 1 aliphatic carbocycles. The van der Waals surface area contributed by atoms with E-state index in [-0.39, 0.29) is 0 Å². The second-order valence-corrected chi connectivity index (χ2v) is 5.72. The van der Waals surface area contributed by atoms with Crippen molar-refractivity contribution in [3.8, 4) is 0 Å². The highest BCUT2D eigenvalue weighted by Gasteiger charge is 2.19. The van der Waals surface area contributed by atoms with Gasteiger partial charge in [0.25, 0.3) is 0 Å². The van der Waals surface area contributed by atoms with Crippen molar-refractivity contribution in [2.45, 2.75) is 39.7 Å². The minimum absolute atomic E-state index is 0.540. The van der Waals surface area contributed by atoms with Crippen LogP contribution in [-0.4, -0.2) is 11.5 Å². The summed E-state index contributed by atoms with van der Waals surface area (Å²) < 4.78 is 0. The van der Waals surface area contributed by atoms with Gasteiger partial charge >= 0.3 is 0 Å². The predicted molar refractivity (Wildman–Crippen MR) is 88.0 cm³/mol. The molecule has 0 fully saturated rings. The Morgan fingerprint density at radius 3 is 2.81 bits per heavy atom. The van der Waals surface area contributed by atoms with Crippen LogP contribution in [0.25, 0.3) is 0 Å². The Morgan fingerprint density at radius 1 is 1.24 bits per heavy atom. The van der Waals surface area contributed by atoms with Gasteiger partial charge in [-0.05, 0) is 62.4 Å². The van der Waals surface area contributed by atoms with Gasteiger partial charge < -0.3 is 10.6 Å². The first-order valence-corrected chi connectivity index (χ1v) is 7.79. The minimum atomic E-state index is 0.540. The molecule has 1 aromatic heterocycles. The van der Waals surface area contributed by atoms with Gasteiger partial charge in [-0.25, -0.2) is 4.98 Å². The molecule has 21 heavy (non-hydrogen) atoms. The van der Waals surface area contributed by atoms with Gasteiger partial charge in [-0.1, -0.05) is 12.1 Å². The molecule has 0 spiro atoms. The molecule has 3 nitrogen and oxygen atoms in total. The fraction of sp³-hybridized carbons (Fsp3) is 0.389. The molecule has 0 unspecified atom stereocenters. The molecular weight excluding hydrogens is 258 g/mol. The van der Waals surface area contributed by atoms with Crippen molar-refractivity contribution in [3.05, 3.63) is 52.7 Å². The number of nitrogens with zero attached hydrogens (tertiary/aromatic N) is 2. The molecule has 0 atom stereocenters. The third kappa shape index (κ3) is 2.66. The molecule has 2 N–H and O–H groups in total. The van der Waals surface area contributed by atoms with E-state index < -0.39 is 0 Å². The van der Waals surface area contributed by atoms with Gasteiger partial charge in [-0.2, -0.15) is 0 Å². The Hall–Kier alpha value is -1.87. The van der Waals surface area contributed by atoms with E-state index in [1.807, 2.05) is 0 Å². The Morgan fingerprint density at radius 2 is 2.10 bits per heavy atom. The van der Waals surface area contributed by atoms with Crippen molar-refractivity contribution < 1.29 is 0 Å². The molecule has 0 saturated heterocycles. The molecule has 1 aromatic carbocycles. The minimum Gasteiger partial charge on any atom is -0.326 e. The van der Waals surface area contributed by atoms with Gasteiger partial charge in [0.05, 0.1) is 0 Å². The summed E-state index contributed by atoms with van der Waals surface area (Å²) in [6, 6.07) is 10.8. The van der Waals surface area contributed by atoms with Crippen LogP contribution >= 0.6 is 0 Å². The van der Waals surface area contributed by atoms with Crippen molar-refractivity contribution >= 4 is 11.5 Å². The van der Waals surface area contributed by atoms with E-state index in [4.69, 9.17) is 10.7 Å². The first-order chi connectivity index (χ1) is 10.2. The van der Waals surface area contributed by atoms with Crippen LogP contribution in [0.3, 0.4) is 0 Å². The van der Waals surface area contributed by atoms with Gasteiger partial charge in [0, 0.05) is 30.0 Å². The first kappa shape index (κ1) is 14.1. The SMILES string of the molecule is CCN(c1cccc(C)c1)c1nc2c(cc1CN)CCC2. The molecule has 2 aromatic rings. The molecule has 110 valence electrons. The third-order valence-electron chi connectivity index (χ3n) is 4.21. The maximum absolute atomic E-state index is 5.98. The summed E-state index contributed by atoms with van der Waals surface area (Å²) >= 11 is 0. The summed E-state index contributed by atoms with van der Waals surface area (Å²) in [5.74, 6) is 1.03. The van der Waals surface area contributed by atoms with Crippen molar-refractivity contribution in [1.82, 2.24) is 4.98 Å². The Kier molecular flexibility index (Phi) is 3.93. The Labute approximate surface area is 126 Å². The van der Waals surface area contributed by atoms with Crippen molar-refractivity contribution in [2.75, 3.05) is 11.4 Å². The Bertz CT molecular complexity index is 649. The molecule has 3 rings (SSSR count). The summed E-state index contributed by atoms with van der Waals surface area (Å²) in [5.41, 5.74) is 12.2. The quantitative estimate of drug-likeness (QED) is 0.932. The van der Waals surface area contributed by atoms with E-state index in [1.165, 1.54) is 28.9 Å². The molecule has 1 aliphatic rings. The standard InChI is InChI=1S/C18H23N3/c1-3-21(16-8-4-6-13(2)10-16)18-15(12-19)11-14-7-5-9-17(14)20-18/h4,6,8,10-11H,3,5,7,9,12,19H2,1-2H3. The maximum Gasteiger partial charge on any atom is 0.137 e. The van der Waals surface area contributed by atoms with Crippen LogP contribution in [0.1, 0.15) is 35.7 Å². The van der Waals surface area contributed by atoms with Gasteiger partial charge in [0.1, 0.15) is 5.82 Å². The van der Waals surface area contributed by atoms with Crippen LogP contribution < -0.4 is 10.6 Å². The number of nitrogens with two attached hydrogens (primary N) is 1. The number of hydrogen-bond acceptors (Lipinski definition) is 3. The van der Waals surface area contributed by atoms with Crippen LogP contribution in [0.4, 0.5) is 11.5 Å². The summed E-state index contributed by atoms with van der Waals surface area (Å²) in [6.45, 7) is 5.72. The molecular formula is C18H23N3. The smallest absolute Gasteiger partial charge is 0.137 e. The average molecular weight is 281 g/mol. The average Bonchev–Trinajstić information content (AvgIpc) is 2.94. The zero-order chi connectivity index (χ0) is 14.8. The predicted octanol–water partition coefficient (Wildman–Crippen LogP) is 3.50. The Balaban J connectivity index is 2.08. The van der Waals surface area contributed by atoms with Crippen molar-refractivity contribution in [2.24, 2.45) is 5.73 Å². The van der Waals surface area contributed by atoms with E-state index in [2.05, 4.69) is 49.1 Å². The highest BCUT2D eigenvalue weighted by atomic mass is 15.2. The summed E-state index contributed by atoms with van der Waals surface area (Å²) in [5, 5.41) is 0. The topological polar surface area (TPSA) is 42.2 Å². The molecule has 0 aliphatic heterocycles. The maximum atomic E-state index is 5.98. The monoisotopic (exact) mass is 281 g/mol. The lowest BCUT2D eigenvalue weighted by Crippen LogP contribution is -2.21. The van der Waals surface area contributed by atoms with E-state index in [9.17, 15) is 0 Å². The lowest BCUT2D eigenvalue weighted by molar-refractivity contribution is 0.892. The summed E-state index contributed by atoms with van der Waals surface area (Å²) in [6.07, 6.45) is 3.46. The number of anilines is 2. The van der Waals surface area contributed by atoms with Crippen molar-refractivity contribution in [3.63, 3.8) is 0 Å². The lowest BCUT2D eigenvalue weighted by atomic mass is 10.1. The zero-order valence-corrected chi connectivity index (χ0v) is 12.9. The highest BCUT2D eigenvalue weighted by Crippen LogP contribution is 2.31. The van der Waals surface area contributed by atoms with Gasteiger partial charge in [0.2, 0.25) is 0 Å². The molecule has 0 radical (unpaired) electrons. The fourth-order valence-electron chi connectivity index (χ4n) is 3.14. The number of aryl methyl sites for hydroxylation is 3. The number of benzene rings is 1. The lowest BCUT2D eigenvalue weighted by Gasteiger charge is -2.25. The van der Waals surface area contributed by atoms with Gasteiger partial charge in [-0.15, -0.1) is 0 Å². The van der Waals surface area contributed by atoms with Crippen LogP contribution in [0.5, 0.6) is 0 Å². The molecule has 3 heteroatoms. The van der Waals surface area contributed by atoms with Gasteiger partial charge in [-0.3, -0.25) is 0 Å². The number of hydrogen-bond donors (Lipinski definition) is 1. The molecule has 0 saturated carbocycles.